The molecule has 0 aliphatic rings. The Morgan fingerprint density at radius 1 is 1.32 bits per heavy atom. The van der Waals surface area contributed by atoms with Crippen LogP contribution in [0.2, 0.25) is 0 Å². The SMILES string of the molecule is COc1ccccc1OC(C)c1n[nH]c(C)c1CO. The third-order valence-electron chi connectivity index (χ3n) is 3.02. The van der Waals surface area contributed by atoms with Crippen LogP contribution >= 0.6 is 0 Å². The topological polar surface area (TPSA) is 67.4 Å². The van der Waals surface area contributed by atoms with E-state index in [1.54, 1.807) is 7.11 Å². The van der Waals surface area contributed by atoms with Gasteiger partial charge in [-0.05, 0) is 26.0 Å². The summed E-state index contributed by atoms with van der Waals surface area (Å²) >= 11 is 0. The maximum absolute atomic E-state index is 9.36. The van der Waals surface area contributed by atoms with Crippen LogP contribution in [-0.4, -0.2) is 22.4 Å². The molecule has 0 amide bonds. The van der Waals surface area contributed by atoms with Gasteiger partial charge in [0.05, 0.1) is 13.7 Å². The zero-order valence-corrected chi connectivity index (χ0v) is 11.3. The number of aryl methyl sites for hydroxylation is 1. The van der Waals surface area contributed by atoms with Crippen LogP contribution in [0, 0.1) is 6.92 Å². The third-order valence-corrected chi connectivity index (χ3v) is 3.02. The minimum Gasteiger partial charge on any atom is -0.493 e. The zero-order chi connectivity index (χ0) is 13.8. The molecular formula is C14H18N2O3. The smallest absolute Gasteiger partial charge is 0.162 e. The number of aromatic amines is 1. The van der Waals surface area contributed by atoms with Crippen LogP contribution in [0.4, 0.5) is 0 Å². The van der Waals surface area contributed by atoms with E-state index in [0.29, 0.717) is 17.2 Å². The number of hydrogen-bond acceptors (Lipinski definition) is 4. The van der Waals surface area contributed by atoms with Gasteiger partial charge in [-0.2, -0.15) is 5.10 Å². The summed E-state index contributed by atoms with van der Waals surface area (Å²) in [6.07, 6.45) is -0.275. The van der Waals surface area contributed by atoms with E-state index in [4.69, 9.17) is 9.47 Å². The van der Waals surface area contributed by atoms with Crippen LogP contribution in [0.1, 0.15) is 30.0 Å². The fourth-order valence-electron chi connectivity index (χ4n) is 1.97. The highest BCUT2D eigenvalue weighted by Crippen LogP contribution is 2.31. The largest absolute Gasteiger partial charge is 0.493 e. The predicted molar refractivity (Wildman–Crippen MR) is 71.3 cm³/mol. The second-order valence-corrected chi connectivity index (χ2v) is 4.28. The van der Waals surface area contributed by atoms with Gasteiger partial charge in [-0.3, -0.25) is 5.10 Å². The number of nitrogens with zero attached hydrogens (tertiary/aromatic N) is 1. The molecule has 1 aromatic carbocycles. The Balaban J connectivity index is 2.23. The van der Waals surface area contributed by atoms with Crippen LogP contribution in [0.25, 0.3) is 0 Å². The molecule has 0 aliphatic carbocycles. The second-order valence-electron chi connectivity index (χ2n) is 4.28. The Kier molecular flexibility index (Phi) is 4.06. The van der Waals surface area contributed by atoms with Crippen molar-refractivity contribution in [2.75, 3.05) is 7.11 Å². The summed E-state index contributed by atoms with van der Waals surface area (Å²) < 4.78 is 11.1. The van der Waals surface area contributed by atoms with Gasteiger partial charge in [-0.25, -0.2) is 0 Å². The zero-order valence-electron chi connectivity index (χ0n) is 11.3. The minimum absolute atomic E-state index is 0.0582. The molecule has 0 saturated heterocycles. The van der Waals surface area contributed by atoms with Gasteiger partial charge in [-0.1, -0.05) is 12.1 Å². The highest BCUT2D eigenvalue weighted by molar-refractivity contribution is 5.40. The van der Waals surface area contributed by atoms with Crippen molar-refractivity contribution in [2.45, 2.75) is 26.6 Å². The molecular weight excluding hydrogens is 244 g/mol. The van der Waals surface area contributed by atoms with Gasteiger partial charge >= 0.3 is 0 Å². The molecule has 0 saturated carbocycles. The number of ether oxygens (including phenoxy) is 2. The number of aromatic nitrogens is 2. The molecule has 1 heterocycles. The number of hydrogen-bond donors (Lipinski definition) is 2. The maximum Gasteiger partial charge on any atom is 0.162 e. The number of para-hydroxylation sites is 2. The van der Waals surface area contributed by atoms with Gasteiger partial charge in [-0.15, -0.1) is 0 Å². The van der Waals surface area contributed by atoms with Gasteiger partial charge in [0.1, 0.15) is 11.8 Å². The average molecular weight is 262 g/mol. The van der Waals surface area contributed by atoms with Crippen LogP contribution in [0.15, 0.2) is 24.3 Å². The van der Waals surface area contributed by atoms with Crippen LogP contribution in [-0.2, 0) is 6.61 Å². The second kappa shape index (κ2) is 5.75. The number of nitrogens with one attached hydrogen (secondary N) is 1. The van der Waals surface area contributed by atoms with Crippen LogP contribution in [0.3, 0.4) is 0 Å². The number of methoxy groups -OCH3 is 1. The molecule has 2 aromatic rings. The molecule has 1 unspecified atom stereocenters. The molecule has 19 heavy (non-hydrogen) atoms. The van der Waals surface area contributed by atoms with E-state index in [-0.39, 0.29) is 12.7 Å². The predicted octanol–water partition coefficient (Wildman–Crippen LogP) is 2.36. The first kappa shape index (κ1) is 13.4. The summed E-state index contributed by atoms with van der Waals surface area (Å²) in [6, 6.07) is 7.44. The summed E-state index contributed by atoms with van der Waals surface area (Å²) in [4.78, 5) is 0. The lowest BCUT2D eigenvalue weighted by atomic mass is 10.1. The summed E-state index contributed by atoms with van der Waals surface area (Å²) in [7, 11) is 1.60. The van der Waals surface area contributed by atoms with E-state index in [2.05, 4.69) is 10.2 Å². The molecule has 0 fully saturated rings. The third kappa shape index (κ3) is 2.71. The Bertz CT molecular complexity index is 551. The van der Waals surface area contributed by atoms with Crippen molar-refractivity contribution in [3.05, 3.63) is 41.2 Å². The van der Waals surface area contributed by atoms with E-state index in [9.17, 15) is 5.11 Å². The van der Waals surface area contributed by atoms with Crippen molar-refractivity contribution in [3.8, 4) is 11.5 Å². The molecule has 5 nitrogen and oxygen atoms in total. The highest BCUT2D eigenvalue weighted by atomic mass is 16.5. The molecule has 2 rings (SSSR count). The van der Waals surface area contributed by atoms with E-state index in [0.717, 1.165) is 11.3 Å². The monoisotopic (exact) mass is 262 g/mol. The molecule has 0 aliphatic heterocycles. The molecule has 0 radical (unpaired) electrons. The lowest BCUT2D eigenvalue weighted by Gasteiger charge is -2.16. The van der Waals surface area contributed by atoms with E-state index < -0.39 is 0 Å². The number of rotatable bonds is 5. The normalized spacial score (nSPS) is 12.2. The Hall–Kier alpha value is -2.01. The first-order valence-electron chi connectivity index (χ1n) is 6.11. The Morgan fingerprint density at radius 2 is 2.00 bits per heavy atom. The summed E-state index contributed by atoms with van der Waals surface area (Å²) in [5, 5.41) is 16.4. The van der Waals surface area contributed by atoms with Crippen molar-refractivity contribution in [3.63, 3.8) is 0 Å². The van der Waals surface area contributed by atoms with Crippen LogP contribution in [0.5, 0.6) is 11.5 Å². The van der Waals surface area contributed by atoms with Gasteiger partial charge in [0.25, 0.3) is 0 Å². The first-order chi connectivity index (χ1) is 9.17. The van der Waals surface area contributed by atoms with Gasteiger partial charge in [0.2, 0.25) is 0 Å². The van der Waals surface area contributed by atoms with Gasteiger partial charge in [0.15, 0.2) is 11.5 Å². The molecule has 1 atom stereocenters. The summed E-state index contributed by atoms with van der Waals surface area (Å²) in [6.45, 7) is 3.70. The summed E-state index contributed by atoms with van der Waals surface area (Å²) in [5.74, 6) is 1.33. The first-order valence-corrected chi connectivity index (χ1v) is 6.11. The molecule has 1 aromatic heterocycles. The van der Waals surface area contributed by atoms with E-state index >= 15 is 0 Å². The lowest BCUT2D eigenvalue weighted by molar-refractivity contribution is 0.205. The van der Waals surface area contributed by atoms with Crippen molar-refractivity contribution in [1.29, 1.82) is 0 Å². The van der Waals surface area contributed by atoms with Crippen LogP contribution < -0.4 is 9.47 Å². The Labute approximate surface area is 112 Å². The average Bonchev–Trinajstić information content (AvgIpc) is 2.80. The molecule has 0 bridgehead atoms. The van der Waals surface area contributed by atoms with Gasteiger partial charge < -0.3 is 14.6 Å². The van der Waals surface area contributed by atoms with Crippen molar-refractivity contribution >= 4 is 0 Å². The molecule has 0 spiro atoms. The quantitative estimate of drug-likeness (QED) is 0.868. The number of benzene rings is 1. The Morgan fingerprint density at radius 3 is 2.63 bits per heavy atom. The fraction of sp³-hybridized carbons (Fsp3) is 0.357. The number of H-pyrrole nitrogens is 1. The number of aliphatic hydroxyl groups is 1. The van der Waals surface area contributed by atoms with E-state index in [1.165, 1.54) is 0 Å². The molecule has 102 valence electrons. The standard InChI is InChI=1S/C14H18N2O3/c1-9-11(8-17)14(16-15-9)10(2)19-13-7-5-4-6-12(13)18-3/h4-7,10,17H,8H2,1-3H3,(H,15,16). The van der Waals surface area contributed by atoms with Gasteiger partial charge in [0, 0.05) is 11.3 Å². The number of aliphatic hydroxyl groups excluding tert-OH is 1. The minimum atomic E-state index is -0.275. The van der Waals surface area contributed by atoms with Crippen molar-refractivity contribution in [2.24, 2.45) is 0 Å². The van der Waals surface area contributed by atoms with Crippen molar-refractivity contribution < 1.29 is 14.6 Å². The molecule has 5 heteroatoms. The van der Waals surface area contributed by atoms with Crippen molar-refractivity contribution in [1.82, 2.24) is 10.2 Å². The van der Waals surface area contributed by atoms with E-state index in [1.807, 2.05) is 38.1 Å². The fourth-order valence-corrected chi connectivity index (χ4v) is 1.97. The maximum atomic E-state index is 9.36. The lowest BCUT2D eigenvalue weighted by Crippen LogP contribution is -2.07. The summed E-state index contributed by atoms with van der Waals surface area (Å²) in [5.41, 5.74) is 2.35. The molecule has 2 N–H and O–H groups in total. The highest BCUT2D eigenvalue weighted by Gasteiger charge is 2.18.